The van der Waals surface area contributed by atoms with Crippen molar-refractivity contribution in [2.24, 2.45) is 0 Å². The van der Waals surface area contributed by atoms with E-state index in [9.17, 15) is 4.79 Å². The van der Waals surface area contributed by atoms with Crippen LogP contribution in [0.25, 0.3) is 11.0 Å². The van der Waals surface area contributed by atoms with Crippen molar-refractivity contribution in [1.82, 2.24) is 15.0 Å². The standard InChI is InChI=1S/C11H8N4O2S/c16-10(17)9-4-12-11(18-9)15-6-1-2-7-8(3-6)14-5-13-7/h1-5H,(H,12,15)(H,13,14)(H,16,17). The number of hydrogen-bond acceptors (Lipinski definition) is 5. The Morgan fingerprint density at radius 2 is 2.28 bits per heavy atom. The number of anilines is 2. The number of carboxylic acid groups (broad SMARTS) is 1. The lowest BCUT2D eigenvalue weighted by Gasteiger charge is -2.01. The minimum atomic E-state index is -0.968. The van der Waals surface area contributed by atoms with E-state index in [4.69, 9.17) is 5.11 Å². The summed E-state index contributed by atoms with van der Waals surface area (Å²) in [6, 6.07) is 5.63. The van der Waals surface area contributed by atoms with Crippen LogP contribution in [0, 0.1) is 0 Å². The number of benzene rings is 1. The Hall–Kier alpha value is -2.41. The number of H-pyrrole nitrogens is 1. The molecule has 0 aliphatic rings. The molecule has 18 heavy (non-hydrogen) atoms. The van der Waals surface area contributed by atoms with Crippen LogP contribution in [0.3, 0.4) is 0 Å². The van der Waals surface area contributed by atoms with Crippen molar-refractivity contribution in [1.29, 1.82) is 0 Å². The molecule has 0 radical (unpaired) electrons. The van der Waals surface area contributed by atoms with E-state index in [1.165, 1.54) is 6.20 Å². The van der Waals surface area contributed by atoms with Gasteiger partial charge in [0.1, 0.15) is 4.88 Å². The SMILES string of the molecule is O=C(O)c1cnc(Nc2ccc3nc[nH]c3c2)s1. The maximum absolute atomic E-state index is 10.7. The number of carboxylic acids is 1. The van der Waals surface area contributed by atoms with Crippen LogP contribution in [0.1, 0.15) is 9.67 Å². The topological polar surface area (TPSA) is 90.9 Å². The zero-order chi connectivity index (χ0) is 12.5. The summed E-state index contributed by atoms with van der Waals surface area (Å²) in [6.45, 7) is 0. The van der Waals surface area contributed by atoms with Gasteiger partial charge in [0.25, 0.3) is 0 Å². The molecule has 3 aromatic rings. The minimum Gasteiger partial charge on any atom is -0.477 e. The highest BCUT2D eigenvalue weighted by molar-refractivity contribution is 7.17. The number of imidazole rings is 1. The zero-order valence-electron chi connectivity index (χ0n) is 9.04. The van der Waals surface area contributed by atoms with E-state index in [0.29, 0.717) is 5.13 Å². The van der Waals surface area contributed by atoms with Crippen molar-refractivity contribution in [2.75, 3.05) is 5.32 Å². The lowest BCUT2D eigenvalue weighted by Crippen LogP contribution is -1.90. The number of rotatable bonds is 3. The summed E-state index contributed by atoms with van der Waals surface area (Å²) in [7, 11) is 0. The lowest BCUT2D eigenvalue weighted by molar-refractivity contribution is 0.0702. The zero-order valence-corrected chi connectivity index (χ0v) is 9.86. The predicted octanol–water partition coefficient (Wildman–Crippen LogP) is 2.46. The van der Waals surface area contributed by atoms with Crippen LogP contribution in [0.5, 0.6) is 0 Å². The minimum absolute atomic E-state index is 0.208. The molecule has 3 rings (SSSR count). The highest BCUT2D eigenvalue weighted by Gasteiger charge is 2.08. The van der Waals surface area contributed by atoms with Crippen LogP contribution in [0.4, 0.5) is 10.8 Å². The molecule has 0 fully saturated rings. The monoisotopic (exact) mass is 260 g/mol. The van der Waals surface area contributed by atoms with Gasteiger partial charge in [-0.2, -0.15) is 0 Å². The largest absolute Gasteiger partial charge is 0.477 e. The second-order valence-electron chi connectivity index (χ2n) is 3.59. The van der Waals surface area contributed by atoms with E-state index in [1.54, 1.807) is 6.33 Å². The van der Waals surface area contributed by atoms with Crippen molar-refractivity contribution in [2.45, 2.75) is 0 Å². The maximum atomic E-state index is 10.7. The quantitative estimate of drug-likeness (QED) is 0.673. The van der Waals surface area contributed by atoms with Gasteiger partial charge in [-0.15, -0.1) is 0 Å². The van der Waals surface area contributed by atoms with Gasteiger partial charge in [0, 0.05) is 5.69 Å². The van der Waals surface area contributed by atoms with Crippen molar-refractivity contribution in [3.63, 3.8) is 0 Å². The van der Waals surface area contributed by atoms with E-state index in [1.807, 2.05) is 18.2 Å². The van der Waals surface area contributed by atoms with E-state index in [0.717, 1.165) is 28.1 Å². The third-order valence-electron chi connectivity index (χ3n) is 2.39. The molecule has 0 spiro atoms. The molecule has 0 aliphatic carbocycles. The molecular formula is C11H8N4O2S. The number of thiazole rings is 1. The lowest BCUT2D eigenvalue weighted by atomic mass is 10.3. The fourth-order valence-corrected chi connectivity index (χ4v) is 2.24. The number of carbonyl (C=O) groups is 1. The molecular weight excluding hydrogens is 252 g/mol. The second-order valence-corrected chi connectivity index (χ2v) is 4.62. The van der Waals surface area contributed by atoms with Crippen LogP contribution < -0.4 is 5.32 Å². The molecule has 7 heteroatoms. The first-order valence-corrected chi connectivity index (χ1v) is 5.93. The molecule has 3 N–H and O–H groups in total. The predicted molar refractivity (Wildman–Crippen MR) is 68.4 cm³/mol. The maximum Gasteiger partial charge on any atom is 0.347 e. The molecule has 0 saturated carbocycles. The number of aromatic amines is 1. The van der Waals surface area contributed by atoms with Crippen LogP contribution in [0.2, 0.25) is 0 Å². The Morgan fingerprint density at radius 1 is 1.39 bits per heavy atom. The molecule has 0 atom stereocenters. The first-order valence-electron chi connectivity index (χ1n) is 5.11. The molecule has 0 amide bonds. The Balaban J connectivity index is 1.88. The summed E-state index contributed by atoms with van der Waals surface area (Å²) < 4.78 is 0. The Morgan fingerprint density at radius 3 is 3.06 bits per heavy atom. The highest BCUT2D eigenvalue weighted by Crippen LogP contribution is 2.24. The van der Waals surface area contributed by atoms with Gasteiger partial charge in [-0.3, -0.25) is 0 Å². The molecule has 2 aromatic heterocycles. The molecule has 0 bridgehead atoms. The van der Waals surface area contributed by atoms with Crippen LogP contribution in [-0.4, -0.2) is 26.0 Å². The van der Waals surface area contributed by atoms with Gasteiger partial charge in [-0.1, -0.05) is 11.3 Å². The first-order chi connectivity index (χ1) is 8.72. The van der Waals surface area contributed by atoms with E-state index < -0.39 is 5.97 Å². The van der Waals surface area contributed by atoms with Gasteiger partial charge in [-0.05, 0) is 18.2 Å². The molecule has 6 nitrogen and oxygen atoms in total. The molecule has 0 saturated heterocycles. The fourth-order valence-electron chi connectivity index (χ4n) is 1.57. The Bertz CT molecular complexity index is 718. The van der Waals surface area contributed by atoms with E-state index >= 15 is 0 Å². The number of fused-ring (bicyclic) bond motifs is 1. The molecule has 1 aromatic carbocycles. The van der Waals surface area contributed by atoms with Crippen LogP contribution in [-0.2, 0) is 0 Å². The fraction of sp³-hybridized carbons (Fsp3) is 0. The average molecular weight is 260 g/mol. The third kappa shape index (κ3) is 1.91. The number of hydrogen-bond donors (Lipinski definition) is 3. The smallest absolute Gasteiger partial charge is 0.347 e. The van der Waals surface area contributed by atoms with Gasteiger partial charge in [0.2, 0.25) is 0 Å². The van der Waals surface area contributed by atoms with Crippen molar-refractivity contribution in [3.8, 4) is 0 Å². The summed E-state index contributed by atoms with van der Waals surface area (Å²) >= 11 is 1.10. The molecule has 0 unspecified atom stereocenters. The summed E-state index contributed by atoms with van der Waals surface area (Å²) in [5.74, 6) is -0.968. The van der Waals surface area contributed by atoms with Crippen LogP contribution in [0.15, 0.2) is 30.7 Å². The van der Waals surface area contributed by atoms with Gasteiger partial charge in [0.15, 0.2) is 5.13 Å². The number of aromatic nitrogens is 3. The van der Waals surface area contributed by atoms with Gasteiger partial charge >= 0.3 is 5.97 Å². The van der Waals surface area contributed by atoms with Gasteiger partial charge in [-0.25, -0.2) is 14.8 Å². The van der Waals surface area contributed by atoms with Crippen molar-refractivity contribution < 1.29 is 9.90 Å². The van der Waals surface area contributed by atoms with E-state index in [-0.39, 0.29) is 4.88 Å². The second kappa shape index (κ2) is 4.11. The van der Waals surface area contributed by atoms with Crippen molar-refractivity contribution >= 4 is 39.2 Å². The highest BCUT2D eigenvalue weighted by atomic mass is 32.1. The summed E-state index contributed by atoms with van der Waals surface area (Å²) in [5.41, 5.74) is 2.62. The molecule has 0 aliphatic heterocycles. The Kier molecular flexibility index (Phi) is 2.45. The summed E-state index contributed by atoms with van der Waals surface area (Å²) in [6.07, 6.45) is 2.96. The first kappa shape index (κ1) is 10.7. The average Bonchev–Trinajstić information content (AvgIpc) is 2.96. The van der Waals surface area contributed by atoms with Gasteiger partial charge < -0.3 is 15.4 Å². The van der Waals surface area contributed by atoms with Gasteiger partial charge in [0.05, 0.1) is 23.6 Å². The molecule has 90 valence electrons. The molecule has 2 heterocycles. The number of aromatic carboxylic acids is 1. The summed E-state index contributed by atoms with van der Waals surface area (Å²) in [4.78, 5) is 22.1. The number of nitrogens with zero attached hydrogens (tertiary/aromatic N) is 2. The van der Waals surface area contributed by atoms with E-state index in [2.05, 4.69) is 20.3 Å². The normalized spacial score (nSPS) is 10.7. The van der Waals surface area contributed by atoms with Crippen LogP contribution >= 0.6 is 11.3 Å². The Labute approximate surface area is 105 Å². The summed E-state index contributed by atoms with van der Waals surface area (Å²) in [5, 5.41) is 12.4. The van der Waals surface area contributed by atoms with Crippen molar-refractivity contribution in [3.05, 3.63) is 35.6 Å². The number of nitrogens with one attached hydrogen (secondary N) is 2. The third-order valence-corrected chi connectivity index (χ3v) is 3.29.